The van der Waals surface area contributed by atoms with Crippen molar-refractivity contribution in [3.05, 3.63) is 69.7 Å². The molecule has 0 spiro atoms. The summed E-state index contributed by atoms with van der Waals surface area (Å²) in [7, 11) is 1.76. The number of ether oxygens (including phenoxy) is 1. The van der Waals surface area contributed by atoms with Gasteiger partial charge in [-0.25, -0.2) is 14.2 Å². The van der Waals surface area contributed by atoms with Gasteiger partial charge in [-0.15, -0.1) is 0 Å². The Kier molecular flexibility index (Phi) is 6.47. The molecule has 1 saturated heterocycles. The predicted octanol–water partition coefficient (Wildman–Crippen LogP) is 3.30. The van der Waals surface area contributed by atoms with Crippen LogP contribution >= 0.6 is 0 Å². The summed E-state index contributed by atoms with van der Waals surface area (Å²) in [6, 6.07) is 4.14. The number of anilines is 2. The van der Waals surface area contributed by atoms with Crippen molar-refractivity contribution < 1.29 is 24.1 Å². The quantitative estimate of drug-likeness (QED) is 0.294. The number of carbonyl (C=O) groups is 1. The number of fused-ring (bicyclic) bond motifs is 4. The van der Waals surface area contributed by atoms with Crippen molar-refractivity contribution in [2.75, 3.05) is 50.2 Å². The fourth-order valence-electron chi connectivity index (χ4n) is 5.68. The molecule has 10 nitrogen and oxygen atoms in total. The number of nitrogens with one attached hydrogen (secondary N) is 1. The zero-order chi connectivity index (χ0) is 28.1. The van der Waals surface area contributed by atoms with Gasteiger partial charge in [-0.1, -0.05) is 0 Å². The van der Waals surface area contributed by atoms with Crippen LogP contribution in [-0.4, -0.2) is 70.7 Å². The van der Waals surface area contributed by atoms with Crippen molar-refractivity contribution in [1.82, 2.24) is 14.5 Å². The number of benzene rings is 1. The van der Waals surface area contributed by atoms with Gasteiger partial charge in [-0.05, 0) is 36.2 Å². The van der Waals surface area contributed by atoms with Gasteiger partial charge in [0.2, 0.25) is 5.43 Å². The Morgan fingerprint density at radius 2 is 1.95 bits per heavy atom. The molecule has 3 aromatic heterocycles. The number of rotatable bonds is 6. The fraction of sp³-hybridized carbons (Fsp3) is 0.310. The van der Waals surface area contributed by atoms with Crippen LogP contribution < -0.4 is 15.6 Å². The van der Waals surface area contributed by atoms with E-state index in [1.54, 1.807) is 32.4 Å². The molecule has 0 amide bonds. The van der Waals surface area contributed by atoms with Crippen molar-refractivity contribution in [1.29, 1.82) is 0 Å². The molecule has 4 heterocycles. The van der Waals surface area contributed by atoms with Crippen molar-refractivity contribution in [2.24, 2.45) is 0 Å². The minimum atomic E-state index is -1.36. The van der Waals surface area contributed by atoms with Gasteiger partial charge in [-0.2, -0.15) is 0 Å². The Hall–Kier alpha value is -4.35. The van der Waals surface area contributed by atoms with Gasteiger partial charge in [0, 0.05) is 67.5 Å². The molecule has 40 heavy (non-hydrogen) atoms. The van der Waals surface area contributed by atoms with Gasteiger partial charge in [0.15, 0.2) is 0 Å². The molecule has 206 valence electrons. The third-order valence-corrected chi connectivity index (χ3v) is 7.70. The second kappa shape index (κ2) is 10.00. The molecule has 0 saturated carbocycles. The summed E-state index contributed by atoms with van der Waals surface area (Å²) in [5.41, 5.74) is 5.40. The summed E-state index contributed by atoms with van der Waals surface area (Å²) in [5.74, 6) is -1.72. The number of nitrogens with zero attached hydrogens (tertiary/aromatic N) is 4. The van der Waals surface area contributed by atoms with E-state index in [1.807, 2.05) is 0 Å². The summed E-state index contributed by atoms with van der Waals surface area (Å²) in [6.45, 7) is 3.71. The maximum atomic E-state index is 14.7. The number of halogens is 1. The smallest absolute Gasteiger partial charge is 0.341 e. The van der Waals surface area contributed by atoms with E-state index in [2.05, 4.69) is 15.2 Å². The van der Waals surface area contributed by atoms with E-state index in [1.165, 1.54) is 22.9 Å². The number of aromatic carboxylic acids is 1. The standard InChI is InChI=1S/C29H28FN5O5/c1-15(14-36)35-13-22(29(38)39)27(37)20-7-16(11-33-28(20)35)21-12-32-24-10-18-19(8-17(30)9-23(18)31-2)25(24)26(21)34-3-5-40-6-4-34/h7-9,11-13,15,31,36H,3-6,10,14H2,1-2H3,(H,38,39). The van der Waals surface area contributed by atoms with Crippen LogP contribution in [0.5, 0.6) is 0 Å². The Morgan fingerprint density at radius 1 is 1.18 bits per heavy atom. The molecular formula is C29H28FN5O5. The zero-order valence-corrected chi connectivity index (χ0v) is 22.1. The Morgan fingerprint density at radius 3 is 2.65 bits per heavy atom. The zero-order valence-electron chi connectivity index (χ0n) is 22.1. The summed E-state index contributed by atoms with van der Waals surface area (Å²) >= 11 is 0. The van der Waals surface area contributed by atoms with Gasteiger partial charge < -0.3 is 29.7 Å². The van der Waals surface area contributed by atoms with E-state index >= 15 is 0 Å². The highest BCUT2D eigenvalue weighted by Gasteiger charge is 2.31. The Balaban J connectivity index is 1.63. The van der Waals surface area contributed by atoms with Crippen LogP contribution in [0.15, 0.2) is 41.6 Å². The van der Waals surface area contributed by atoms with Crippen molar-refractivity contribution in [3.63, 3.8) is 0 Å². The van der Waals surface area contributed by atoms with Gasteiger partial charge >= 0.3 is 5.97 Å². The maximum absolute atomic E-state index is 14.7. The van der Waals surface area contributed by atoms with Crippen LogP contribution in [0.1, 0.15) is 34.6 Å². The molecule has 1 aromatic carbocycles. The molecule has 1 aliphatic carbocycles. The second-order valence-corrected chi connectivity index (χ2v) is 10.1. The Labute approximate surface area is 228 Å². The first-order valence-corrected chi connectivity index (χ1v) is 13.1. The van der Waals surface area contributed by atoms with Gasteiger partial charge in [0.05, 0.1) is 42.6 Å². The van der Waals surface area contributed by atoms with E-state index in [0.717, 1.165) is 28.1 Å². The largest absolute Gasteiger partial charge is 0.477 e. The molecule has 1 aliphatic heterocycles. The number of morpholine rings is 1. The van der Waals surface area contributed by atoms with E-state index in [4.69, 9.17) is 9.72 Å². The van der Waals surface area contributed by atoms with Crippen molar-refractivity contribution in [2.45, 2.75) is 19.4 Å². The number of aliphatic hydroxyl groups is 1. The molecule has 0 bridgehead atoms. The molecule has 1 unspecified atom stereocenters. The lowest BCUT2D eigenvalue weighted by Gasteiger charge is -2.32. The van der Waals surface area contributed by atoms with Crippen LogP contribution in [0.4, 0.5) is 15.8 Å². The lowest BCUT2D eigenvalue weighted by molar-refractivity contribution is 0.0694. The number of hydrogen-bond acceptors (Lipinski definition) is 8. The fourth-order valence-corrected chi connectivity index (χ4v) is 5.68. The third kappa shape index (κ3) is 4.09. The summed E-state index contributed by atoms with van der Waals surface area (Å²) < 4.78 is 21.9. The normalized spacial score (nSPS) is 15.2. The SMILES string of the molecule is CNc1cc(F)cc2c1Cc1ncc(-c3cnc4c(c3)c(=O)c(C(=O)O)cn4C(C)CO)c(N3CCOCC3)c1-2. The first kappa shape index (κ1) is 25.9. The molecule has 2 aliphatic rings. The average molecular weight is 546 g/mol. The minimum Gasteiger partial charge on any atom is -0.477 e. The monoisotopic (exact) mass is 545 g/mol. The summed E-state index contributed by atoms with van der Waals surface area (Å²) in [4.78, 5) is 36.7. The molecule has 11 heteroatoms. The molecule has 1 fully saturated rings. The average Bonchev–Trinajstić information content (AvgIpc) is 3.34. The molecule has 6 rings (SSSR count). The minimum absolute atomic E-state index is 0.120. The van der Waals surface area contributed by atoms with Crippen LogP contribution in [0.2, 0.25) is 0 Å². The molecule has 0 radical (unpaired) electrons. The maximum Gasteiger partial charge on any atom is 0.341 e. The lowest BCUT2D eigenvalue weighted by atomic mass is 9.97. The van der Waals surface area contributed by atoms with E-state index < -0.39 is 23.0 Å². The van der Waals surface area contributed by atoms with E-state index in [0.29, 0.717) is 49.5 Å². The highest BCUT2D eigenvalue weighted by molar-refractivity contribution is 5.98. The Bertz CT molecular complexity index is 1730. The summed E-state index contributed by atoms with van der Waals surface area (Å²) in [6.07, 6.45) is 5.13. The topological polar surface area (TPSA) is 130 Å². The number of carboxylic acids is 1. The third-order valence-electron chi connectivity index (χ3n) is 7.70. The second-order valence-electron chi connectivity index (χ2n) is 10.1. The molecule has 4 aromatic rings. The molecule has 3 N–H and O–H groups in total. The first-order valence-electron chi connectivity index (χ1n) is 13.1. The van der Waals surface area contributed by atoms with Crippen LogP contribution in [0.3, 0.4) is 0 Å². The van der Waals surface area contributed by atoms with Gasteiger partial charge in [-0.3, -0.25) is 9.78 Å². The van der Waals surface area contributed by atoms with E-state index in [-0.39, 0.29) is 23.5 Å². The number of aromatic nitrogens is 3. The van der Waals surface area contributed by atoms with Crippen LogP contribution in [-0.2, 0) is 11.2 Å². The lowest BCUT2D eigenvalue weighted by Crippen LogP contribution is -2.37. The predicted molar refractivity (Wildman–Crippen MR) is 149 cm³/mol. The van der Waals surface area contributed by atoms with E-state index in [9.17, 15) is 24.2 Å². The number of aliphatic hydroxyl groups excluding tert-OH is 1. The highest BCUT2D eigenvalue weighted by Crippen LogP contribution is 2.48. The van der Waals surface area contributed by atoms with Crippen molar-refractivity contribution >= 4 is 28.4 Å². The number of hydrogen-bond donors (Lipinski definition) is 3. The van der Waals surface area contributed by atoms with Gasteiger partial charge in [0.25, 0.3) is 0 Å². The number of pyridine rings is 3. The first-order chi connectivity index (χ1) is 19.3. The van der Waals surface area contributed by atoms with Gasteiger partial charge in [0.1, 0.15) is 17.0 Å². The number of carboxylic acid groups (broad SMARTS) is 1. The molecule has 1 atom stereocenters. The van der Waals surface area contributed by atoms with Crippen LogP contribution in [0.25, 0.3) is 33.3 Å². The van der Waals surface area contributed by atoms with Crippen LogP contribution in [0, 0.1) is 5.82 Å². The highest BCUT2D eigenvalue weighted by atomic mass is 19.1. The molecular weight excluding hydrogens is 517 g/mol. The van der Waals surface area contributed by atoms with Crippen molar-refractivity contribution in [3.8, 4) is 22.3 Å². The summed E-state index contributed by atoms with van der Waals surface area (Å²) in [5, 5.41) is 22.7.